The van der Waals surface area contributed by atoms with Crippen molar-refractivity contribution in [2.24, 2.45) is 5.92 Å². The molecule has 2 atom stereocenters. The van der Waals surface area contributed by atoms with Crippen molar-refractivity contribution in [1.29, 1.82) is 0 Å². The third kappa shape index (κ3) is 3.17. The monoisotopic (exact) mass is 296 g/mol. The van der Waals surface area contributed by atoms with Crippen LogP contribution in [0.25, 0.3) is 0 Å². The Labute approximate surface area is 122 Å². The third-order valence-corrected chi connectivity index (χ3v) is 4.81. The van der Waals surface area contributed by atoms with Gasteiger partial charge in [0, 0.05) is 24.4 Å². The van der Waals surface area contributed by atoms with Crippen LogP contribution in [0.15, 0.2) is 5.38 Å². The van der Waals surface area contributed by atoms with Crippen LogP contribution in [-0.2, 0) is 16.0 Å². The highest BCUT2D eigenvalue weighted by atomic mass is 32.1. The van der Waals surface area contributed by atoms with Crippen LogP contribution in [0.2, 0.25) is 0 Å². The zero-order valence-corrected chi connectivity index (χ0v) is 12.7. The van der Waals surface area contributed by atoms with Gasteiger partial charge in [-0.1, -0.05) is 6.92 Å². The number of hydrogen-bond donors (Lipinski definition) is 1. The van der Waals surface area contributed by atoms with Crippen LogP contribution in [0.4, 0.5) is 0 Å². The fourth-order valence-corrected chi connectivity index (χ4v) is 3.46. The normalized spacial score (nSPS) is 20.7. The fourth-order valence-electron chi connectivity index (χ4n) is 2.43. The lowest BCUT2D eigenvalue weighted by atomic mass is 9.97. The van der Waals surface area contributed by atoms with E-state index in [1.165, 1.54) is 6.92 Å². The Morgan fingerprint density at radius 2 is 2.35 bits per heavy atom. The number of carboxylic acids is 1. The van der Waals surface area contributed by atoms with E-state index in [1.807, 2.05) is 0 Å². The Bertz CT molecular complexity index is 500. The van der Waals surface area contributed by atoms with E-state index in [4.69, 9.17) is 5.11 Å². The van der Waals surface area contributed by atoms with E-state index < -0.39 is 11.9 Å². The van der Waals surface area contributed by atoms with Crippen LogP contribution in [0.5, 0.6) is 0 Å². The molecule has 1 aliphatic rings. The number of carbonyl (C=O) groups excluding carboxylic acids is 1. The predicted molar refractivity (Wildman–Crippen MR) is 76.8 cm³/mol. The third-order valence-electron chi connectivity index (χ3n) is 3.75. The molecule has 2 heterocycles. The fraction of sp³-hybridized carbons (Fsp3) is 0.643. The molecule has 1 amide bonds. The summed E-state index contributed by atoms with van der Waals surface area (Å²) in [6.45, 7) is 4.77. The lowest BCUT2D eigenvalue weighted by Gasteiger charge is -2.32. The first-order valence-electron chi connectivity index (χ1n) is 6.98. The standard InChI is InChI=1S/C14H20N2O3S/c1-3-11-8-20-12(15-11)10-5-4-6-16(7-10)13(17)9(2)14(18)19/h8-10H,3-7H2,1-2H3,(H,18,19). The van der Waals surface area contributed by atoms with Crippen molar-refractivity contribution in [2.75, 3.05) is 13.1 Å². The number of carboxylic acid groups (broad SMARTS) is 1. The summed E-state index contributed by atoms with van der Waals surface area (Å²) in [5, 5.41) is 12.1. The molecule has 1 aliphatic heterocycles. The minimum atomic E-state index is -1.06. The molecule has 0 aromatic carbocycles. The van der Waals surface area contributed by atoms with Gasteiger partial charge in [0.2, 0.25) is 5.91 Å². The van der Waals surface area contributed by atoms with Crippen LogP contribution in [0.1, 0.15) is 43.3 Å². The van der Waals surface area contributed by atoms with Crippen molar-refractivity contribution < 1.29 is 14.7 Å². The number of thiazole rings is 1. The van der Waals surface area contributed by atoms with E-state index in [-0.39, 0.29) is 11.8 Å². The number of aliphatic carboxylic acids is 1. The molecule has 20 heavy (non-hydrogen) atoms. The van der Waals surface area contributed by atoms with Gasteiger partial charge in [0.05, 0.1) is 10.7 Å². The van der Waals surface area contributed by atoms with Crippen LogP contribution in [0.3, 0.4) is 0 Å². The van der Waals surface area contributed by atoms with Crippen LogP contribution in [-0.4, -0.2) is 40.0 Å². The number of piperidine rings is 1. The number of rotatable bonds is 4. The van der Waals surface area contributed by atoms with Crippen LogP contribution >= 0.6 is 11.3 Å². The summed E-state index contributed by atoms with van der Waals surface area (Å²) in [5.41, 5.74) is 1.09. The first-order chi connectivity index (χ1) is 9.52. The summed E-state index contributed by atoms with van der Waals surface area (Å²) in [7, 11) is 0. The molecule has 2 unspecified atom stereocenters. The number of aromatic nitrogens is 1. The molecule has 0 spiro atoms. The second kappa shape index (κ2) is 6.35. The highest BCUT2D eigenvalue weighted by Crippen LogP contribution is 2.30. The van der Waals surface area contributed by atoms with Gasteiger partial charge in [-0.2, -0.15) is 0 Å². The summed E-state index contributed by atoms with van der Waals surface area (Å²) in [5.74, 6) is -2.05. The number of hydrogen-bond acceptors (Lipinski definition) is 4. The Hall–Kier alpha value is -1.43. The van der Waals surface area contributed by atoms with E-state index in [0.717, 1.165) is 30.0 Å². The largest absolute Gasteiger partial charge is 0.481 e. The number of aryl methyl sites for hydroxylation is 1. The molecule has 110 valence electrons. The smallest absolute Gasteiger partial charge is 0.315 e. The van der Waals surface area contributed by atoms with E-state index >= 15 is 0 Å². The topological polar surface area (TPSA) is 70.5 Å². The Morgan fingerprint density at radius 3 is 2.95 bits per heavy atom. The van der Waals surface area contributed by atoms with E-state index in [2.05, 4.69) is 17.3 Å². The quantitative estimate of drug-likeness (QED) is 0.864. The number of likely N-dealkylation sites (tertiary alicyclic amines) is 1. The molecule has 0 radical (unpaired) electrons. The maximum Gasteiger partial charge on any atom is 0.315 e. The molecule has 1 fully saturated rings. The first kappa shape index (κ1) is 15.0. The predicted octanol–water partition coefficient (Wildman–Crippen LogP) is 2.13. The molecule has 1 saturated heterocycles. The maximum absolute atomic E-state index is 12.1. The molecular weight excluding hydrogens is 276 g/mol. The van der Waals surface area contributed by atoms with Gasteiger partial charge in [0.15, 0.2) is 0 Å². The average Bonchev–Trinajstić information content (AvgIpc) is 2.94. The molecule has 0 bridgehead atoms. The van der Waals surface area contributed by atoms with Crippen molar-refractivity contribution in [3.63, 3.8) is 0 Å². The summed E-state index contributed by atoms with van der Waals surface area (Å²) < 4.78 is 0. The van der Waals surface area contributed by atoms with Crippen molar-refractivity contribution in [2.45, 2.75) is 39.0 Å². The second-order valence-corrected chi connectivity index (χ2v) is 6.10. The summed E-state index contributed by atoms with van der Waals surface area (Å²) in [6, 6.07) is 0. The van der Waals surface area contributed by atoms with Crippen molar-refractivity contribution in [3.8, 4) is 0 Å². The van der Waals surface area contributed by atoms with Crippen LogP contribution in [0, 0.1) is 5.92 Å². The van der Waals surface area contributed by atoms with Crippen molar-refractivity contribution in [1.82, 2.24) is 9.88 Å². The summed E-state index contributed by atoms with van der Waals surface area (Å²) in [4.78, 5) is 29.3. The minimum Gasteiger partial charge on any atom is -0.481 e. The summed E-state index contributed by atoms with van der Waals surface area (Å²) in [6.07, 6.45) is 2.84. The number of nitrogens with zero attached hydrogens (tertiary/aromatic N) is 2. The molecule has 1 aromatic rings. The van der Waals surface area contributed by atoms with Gasteiger partial charge in [-0.25, -0.2) is 4.98 Å². The molecular formula is C14H20N2O3S. The molecule has 6 heteroatoms. The molecule has 1 N–H and O–H groups in total. The van der Waals surface area contributed by atoms with E-state index in [0.29, 0.717) is 13.1 Å². The van der Waals surface area contributed by atoms with E-state index in [1.54, 1.807) is 16.2 Å². The van der Waals surface area contributed by atoms with Crippen molar-refractivity contribution in [3.05, 3.63) is 16.1 Å². The van der Waals surface area contributed by atoms with Gasteiger partial charge in [-0.3, -0.25) is 9.59 Å². The zero-order chi connectivity index (χ0) is 14.7. The van der Waals surface area contributed by atoms with Crippen molar-refractivity contribution >= 4 is 23.2 Å². The number of carbonyl (C=O) groups is 2. The van der Waals surface area contributed by atoms with Crippen LogP contribution < -0.4 is 0 Å². The highest BCUT2D eigenvalue weighted by molar-refractivity contribution is 7.09. The van der Waals surface area contributed by atoms with Gasteiger partial charge in [-0.05, 0) is 26.2 Å². The van der Waals surface area contributed by atoms with Gasteiger partial charge in [0.25, 0.3) is 0 Å². The van der Waals surface area contributed by atoms with Gasteiger partial charge in [-0.15, -0.1) is 11.3 Å². The summed E-state index contributed by atoms with van der Waals surface area (Å²) >= 11 is 1.64. The van der Waals surface area contributed by atoms with Gasteiger partial charge >= 0.3 is 5.97 Å². The molecule has 1 aromatic heterocycles. The first-order valence-corrected chi connectivity index (χ1v) is 7.86. The Kier molecular flexibility index (Phi) is 4.75. The van der Waals surface area contributed by atoms with Gasteiger partial charge < -0.3 is 10.0 Å². The maximum atomic E-state index is 12.1. The lowest BCUT2D eigenvalue weighted by Crippen LogP contribution is -2.43. The average molecular weight is 296 g/mol. The highest BCUT2D eigenvalue weighted by Gasteiger charge is 2.31. The van der Waals surface area contributed by atoms with Gasteiger partial charge in [0.1, 0.15) is 5.92 Å². The molecule has 0 saturated carbocycles. The zero-order valence-electron chi connectivity index (χ0n) is 11.8. The minimum absolute atomic E-state index is 0.249. The molecule has 0 aliphatic carbocycles. The Balaban J connectivity index is 2.04. The van der Waals surface area contributed by atoms with E-state index in [9.17, 15) is 9.59 Å². The molecule has 5 nitrogen and oxygen atoms in total. The number of amides is 1. The molecule has 2 rings (SSSR count). The second-order valence-electron chi connectivity index (χ2n) is 5.21. The Morgan fingerprint density at radius 1 is 1.60 bits per heavy atom. The SMILES string of the molecule is CCc1csc(C2CCCN(C(=O)C(C)C(=O)O)C2)n1. The lowest BCUT2D eigenvalue weighted by molar-refractivity contribution is -0.150.